The van der Waals surface area contributed by atoms with Crippen LogP contribution in [0.3, 0.4) is 0 Å². The molecule has 1 aliphatic rings. The lowest BCUT2D eigenvalue weighted by Crippen LogP contribution is -2.60. The quantitative estimate of drug-likeness (QED) is 0.0289. The number of hydrogen-bond acceptors (Lipinski definition) is 10. The van der Waals surface area contributed by atoms with Crippen molar-refractivity contribution in [3.8, 4) is 0 Å². The first-order chi connectivity index (χ1) is 27.2. The van der Waals surface area contributed by atoms with Crippen LogP contribution >= 0.6 is 0 Å². The number of nitrogens with one attached hydrogen (secondary N) is 1. The van der Waals surface area contributed by atoms with E-state index in [9.17, 15) is 40.5 Å². The van der Waals surface area contributed by atoms with Crippen molar-refractivity contribution in [1.82, 2.24) is 5.32 Å². The van der Waals surface area contributed by atoms with Crippen LogP contribution in [-0.4, -0.2) is 110 Å². The lowest BCUT2D eigenvalue weighted by atomic mass is 9.98. The van der Waals surface area contributed by atoms with Crippen LogP contribution in [-0.2, 0) is 14.3 Å². The van der Waals surface area contributed by atoms with Gasteiger partial charge in [-0.25, -0.2) is 0 Å². The van der Waals surface area contributed by atoms with Gasteiger partial charge in [0.2, 0.25) is 5.91 Å². The normalized spacial score (nSPS) is 22.2. The molecule has 1 aliphatic heterocycles. The predicted molar refractivity (Wildman–Crippen MR) is 224 cm³/mol. The van der Waals surface area contributed by atoms with Gasteiger partial charge in [0.1, 0.15) is 36.6 Å². The summed E-state index contributed by atoms with van der Waals surface area (Å²) in [6, 6.07) is -1.16. The summed E-state index contributed by atoms with van der Waals surface area (Å²) in [5.74, 6) is -0.694. The molecule has 9 atom stereocenters. The zero-order chi connectivity index (χ0) is 41.2. The van der Waals surface area contributed by atoms with Gasteiger partial charge in [-0.15, -0.1) is 0 Å². The number of aliphatic hydroxyl groups is 7. The predicted octanol–water partition coefficient (Wildman–Crippen LogP) is 7.50. The summed E-state index contributed by atoms with van der Waals surface area (Å²) in [5.41, 5.74) is 0. The van der Waals surface area contributed by atoms with Gasteiger partial charge in [-0.3, -0.25) is 4.79 Å². The van der Waals surface area contributed by atoms with E-state index >= 15 is 0 Å². The molecule has 11 heteroatoms. The largest absolute Gasteiger partial charge is 0.394 e. The van der Waals surface area contributed by atoms with Crippen molar-refractivity contribution in [3.63, 3.8) is 0 Å². The van der Waals surface area contributed by atoms with Crippen molar-refractivity contribution in [2.24, 2.45) is 0 Å². The maximum Gasteiger partial charge on any atom is 0.249 e. The first kappa shape index (κ1) is 53.1. The van der Waals surface area contributed by atoms with Gasteiger partial charge in [-0.2, -0.15) is 0 Å². The minimum absolute atomic E-state index is 0.266. The summed E-state index contributed by atoms with van der Waals surface area (Å²) < 4.78 is 11.1. The summed E-state index contributed by atoms with van der Waals surface area (Å²) in [7, 11) is 0. The van der Waals surface area contributed by atoms with E-state index in [-0.39, 0.29) is 6.42 Å². The SMILES string of the molecule is CCCCCCCCCCCCCCCCCC[C@@H](O)C(=O)N[C@@H](CO[C@H]1O[C@H](CO)[C@H](O)[C@H](O)[C@H]1O)[C@H](O)[C@H](O)CCCCCCCCCCCCCCC. The Morgan fingerprint density at radius 2 is 0.929 bits per heavy atom. The van der Waals surface area contributed by atoms with E-state index in [0.717, 1.165) is 38.5 Å². The number of unbranched alkanes of at least 4 members (excludes halogenated alkanes) is 27. The summed E-state index contributed by atoms with van der Waals surface area (Å²) in [4.78, 5) is 13.1. The molecule has 1 fully saturated rings. The van der Waals surface area contributed by atoms with Gasteiger partial charge in [0.15, 0.2) is 6.29 Å². The van der Waals surface area contributed by atoms with Gasteiger partial charge < -0.3 is 50.5 Å². The zero-order valence-electron chi connectivity index (χ0n) is 35.9. The third kappa shape index (κ3) is 25.6. The molecule has 1 rings (SSSR count). The number of rotatable bonds is 39. The number of aliphatic hydroxyl groups excluding tert-OH is 7. The van der Waals surface area contributed by atoms with E-state index in [4.69, 9.17) is 9.47 Å². The average Bonchev–Trinajstić information content (AvgIpc) is 3.20. The van der Waals surface area contributed by atoms with Crippen LogP contribution in [0.25, 0.3) is 0 Å². The Balaban J connectivity index is 2.44. The van der Waals surface area contributed by atoms with Crippen molar-refractivity contribution in [1.29, 1.82) is 0 Å². The number of hydrogen-bond donors (Lipinski definition) is 8. The number of carbonyl (C=O) groups excluding carboxylic acids is 1. The highest BCUT2D eigenvalue weighted by Crippen LogP contribution is 2.23. The Hall–Kier alpha value is -0.890. The molecule has 8 N–H and O–H groups in total. The van der Waals surface area contributed by atoms with Crippen molar-refractivity contribution in [2.75, 3.05) is 13.2 Å². The lowest BCUT2D eigenvalue weighted by molar-refractivity contribution is -0.303. The fourth-order valence-electron chi connectivity index (χ4n) is 7.74. The standard InChI is InChI=1S/C45H89NO10/c1-3-5-7-9-11-13-15-17-18-19-21-23-25-27-29-31-33-38(49)44(54)46-36(35-55-45-43(53)42(52)41(51)39(34-47)56-45)40(50)37(48)32-30-28-26-24-22-20-16-14-12-10-8-6-4-2/h36-43,45,47-53H,3-35H2,1-2H3,(H,46,54)/t36-,37+,38+,39+,40-,41-,42-,43+,45-/m0/s1. The third-order valence-corrected chi connectivity index (χ3v) is 11.7. The van der Waals surface area contributed by atoms with Crippen molar-refractivity contribution in [3.05, 3.63) is 0 Å². The minimum atomic E-state index is -1.66. The first-order valence-electron chi connectivity index (χ1n) is 23.4. The van der Waals surface area contributed by atoms with E-state index in [2.05, 4.69) is 19.2 Å². The zero-order valence-corrected chi connectivity index (χ0v) is 35.9. The number of amides is 1. The van der Waals surface area contributed by atoms with Gasteiger partial charge in [0.05, 0.1) is 25.4 Å². The van der Waals surface area contributed by atoms with Gasteiger partial charge in [-0.05, 0) is 12.8 Å². The van der Waals surface area contributed by atoms with Gasteiger partial charge >= 0.3 is 0 Å². The molecule has 1 heterocycles. The van der Waals surface area contributed by atoms with Gasteiger partial charge in [0, 0.05) is 0 Å². The molecule has 0 spiro atoms. The Bertz CT molecular complexity index is 882. The van der Waals surface area contributed by atoms with E-state index in [0.29, 0.717) is 19.3 Å². The Kier molecular flexibility index (Phi) is 34.2. The molecule has 0 aromatic carbocycles. The fraction of sp³-hybridized carbons (Fsp3) is 0.978. The fourth-order valence-corrected chi connectivity index (χ4v) is 7.74. The molecular weight excluding hydrogens is 714 g/mol. The highest BCUT2D eigenvalue weighted by molar-refractivity contribution is 5.80. The summed E-state index contributed by atoms with van der Waals surface area (Å²) in [6.07, 6.45) is 24.3. The monoisotopic (exact) mass is 804 g/mol. The molecule has 0 unspecified atom stereocenters. The highest BCUT2D eigenvalue weighted by Gasteiger charge is 2.44. The van der Waals surface area contributed by atoms with Crippen LogP contribution in [0, 0.1) is 0 Å². The molecule has 0 bridgehead atoms. The van der Waals surface area contributed by atoms with Gasteiger partial charge in [-0.1, -0.05) is 200 Å². The molecule has 1 saturated heterocycles. The molecule has 11 nitrogen and oxygen atoms in total. The van der Waals surface area contributed by atoms with Crippen LogP contribution in [0.4, 0.5) is 0 Å². The smallest absolute Gasteiger partial charge is 0.249 e. The average molecular weight is 804 g/mol. The maximum absolute atomic E-state index is 13.1. The molecule has 0 aromatic heterocycles. The van der Waals surface area contributed by atoms with Crippen molar-refractivity contribution in [2.45, 2.75) is 268 Å². The Morgan fingerprint density at radius 1 is 0.554 bits per heavy atom. The molecule has 1 amide bonds. The second kappa shape index (κ2) is 36.0. The maximum atomic E-state index is 13.1. The third-order valence-electron chi connectivity index (χ3n) is 11.7. The van der Waals surface area contributed by atoms with E-state index in [1.165, 1.54) is 135 Å². The van der Waals surface area contributed by atoms with Crippen molar-refractivity contribution >= 4 is 5.91 Å². The van der Waals surface area contributed by atoms with Crippen LogP contribution < -0.4 is 5.32 Å². The Labute approximate surface area is 341 Å². The molecule has 0 radical (unpaired) electrons. The van der Waals surface area contributed by atoms with Crippen LogP contribution in [0.1, 0.15) is 213 Å². The van der Waals surface area contributed by atoms with E-state index in [1.54, 1.807) is 0 Å². The Morgan fingerprint density at radius 3 is 1.32 bits per heavy atom. The minimum Gasteiger partial charge on any atom is -0.394 e. The molecule has 334 valence electrons. The van der Waals surface area contributed by atoms with Crippen molar-refractivity contribution < 1.29 is 50.0 Å². The molecule has 0 aromatic rings. The summed E-state index contributed by atoms with van der Waals surface area (Å²) in [6.45, 7) is 3.44. The highest BCUT2D eigenvalue weighted by atomic mass is 16.7. The lowest BCUT2D eigenvalue weighted by Gasteiger charge is -2.40. The molecule has 0 saturated carbocycles. The molecule has 0 aliphatic carbocycles. The second-order valence-corrected chi connectivity index (χ2v) is 16.8. The van der Waals surface area contributed by atoms with Crippen LogP contribution in [0.5, 0.6) is 0 Å². The van der Waals surface area contributed by atoms with Crippen LogP contribution in [0.2, 0.25) is 0 Å². The van der Waals surface area contributed by atoms with E-state index in [1.807, 2.05) is 0 Å². The van der Waals surface area contributed by atoms with Gasteiger partial charge in [0.25, 0.3) is 0 Å². The number of ether oxygens (including phenoxy) is 2. The molecule has 56 heavy (non-hydrogen) atoms. The summed E-state index contributed by atoms with van der Waals surface area (Å²) in [5, 5.41) is 75.6. The second-order valence-electron chi connectivity index (χ2n) is 16.8. The molecular formula is C45H89NO10. The topological polar surface area (TPSA) is 189 Å². The number of carbonyl (C=O) groups is 1. The van der Waals surface area contributed by atoms with Crippen LogP contribution in [0.15, 0.2) is 0 Å². The first-order valence-corrected chi connectivity index (χ1v) is 23.4. The van der Waals surface area contributed by atoms with E-state index < -0.39 is 74.2 Å². The summed E-state index contributed by atoms with van der Waals surface area (Å²) >= 11 is 0.